The molecule has 0 atom stereocenters. The van der Waals surface area contributed by atoms with Crippen molar-refractivity contribution in [3.63, 3.8) is 0 Å². The van der Waals surface area contributed by atoms with E-state index in [0.29, 0.717) is 6.54 Å². The number of nitrogens with one attached hydrogen (secondary N) is 1. The topological polar surface area (TPSA) is 66.9 Å². The summed E-state index contributed by atoms with van der Waals surface area (Å²) < 4.78 is 0. The molecule has 3 N–H and O–H groups in total. The molecule has 0 amide bonds. The molecule has 0 aromatic heterocycles. The van der Waals surface area contributed by atoms with Crippen LogP contribution in [0.5, 0.6) is 0 Å². The van der Waals surface area contributed by atoms with Crippen LogP contribution in [0.1, 0.15) is 5.56 Å². The summed E-state index contributed by atoms with van der Waals surface area (Å²) in [6.07, 6.45) is 0. The van der Waals surface area contributed by atoms with Gasteiger partial charge in [-0.1, -0.05) is 35.9 Å². The van der Waals surface area contributed by atoms with Gasteiger partial charge in [-0.2, -0.15) is 4.91 Å². The van der Waals surface area contributed by atoms with E-state index >= 15 is 0 Å². The molecule has 3 nitrogen and oxygen atoms in total. The summed E-state index contributed by atoms with van der Waals surface area (Å²) >= 11 is 0. The summed E-state index contributed by atoms with van der Waals surface area (Å²) in [4.78, 5) is 7.50. The van der Waals surface area contributed by atoms with E-state index in [1.165, 1.54) is 5.56 Å². The molecule has 0 bridgehead atoms. The number of rotatable bonds is 1. The maximum atomic E-state index is 7.50. The zero-order valence-corrected chi connectivity index (χ0v) is 5.58. The Balaban J connectivity index is 0.000000371. The number of benzene rings is 1. The van der Waals surface area contributed by atoms with Gasteiger partial charge in [-0.25, -0.2) is 0 Å². The van der Waals surface area contributed by atoms with Crippen LogP contribution in [0.3, 0.4) is 0 Å². The van der Waals surface area contributed by atoms with E-state index in [1.54, 1.807) is 0 Å². The molecule has 1 aromatic carbocycles. The molecule has 0 heterocycles. The summed E-state index contributed by atoms with van der Waals surface area (Å²) in [6.45, 7) is 0.640. The monoisotopic (exact) mass is 138 g/mol. The van der Waals surface area contributed by atoms with Crippen molar-refractivity contribution in [3.8, 4) is 0 Å². The zero-order chi connectivity index (χ0) is 7.82. The number of hydrogen-bond donors (Lipinski definition) is 2. The first-order chi connectivity index (χ1) is 4.93. The molecule has 0 aliphatic heterocycles. The molecule has 10 heavy (non-hydrogen) atoms. The van der Waals surface area contributed by atoms with Gasteiger partial charge in [0.05, 0.1) is 0 Å². The van der Waals surface area contributed by atoms with E-state index in [1.807, 2.05) is 30.3 Å². The third-order valence-electron chi connectivity index (χ3n) is 1.08. The van der Waals surface area contributed by atoms with E-state index in [2.05, 4.69) is 5.59 Å². The van der Waals surface area contributed by atoms with Crippen molar-refractivity contribution in [3.05, 3.63) is 40.8 Å². The van der Waals surface area contributed by atoms with Crippen LogP contribution >= 0.6 is 0 Å². The lowest BCUT2D eigenvalue weighted by atomic mass is 10.2. The van der Waals surface area contributed by atoms with Gasteiger partial charge in [0.1, 0.15) is 0 Å². The molecule has 0 fully saturated rings. The molecule has 0 radical (unpaired) electrons. The SMILES string of the molecule is N=O.NCc1ccccc1. The molecular formula is C7H10N2O. The molecule has 0 spiro atoms. The van der Waals surface area contributed by atoms with Crippen molar-refractivity contribution >= 4 is 0 Å². The summed E-state index contributed by atoms with van der Waals surface area (Å²) in [5.41, 5.74) is 11.0. The van der Waals surface area contributed by atoms with Crippen LogP contribution in [-0.4, -0.2) is 0 Å². The Kier molecular flexibility index (Phi) is 5.19. The second-order valence-corrected chi connectivity index (χ2v) is 1.69. The first-order valence-corrected chi connectivity index (χ1v) is 2.88. The Morgan fingerprint density at radius 3 is 2.00 bits per heavy atom. The van der Waals surface area contributed by atoms with Gasteiger partial charge in [0.15, 0.2) is 0 Å². The molecule has 0 saturated heterocycles. The first kappa shape index (κ1) is 8.78. The van der Waals surface area contributed by atoms with E-state index in [9.17, 15) is 0 Å². The average Bonchev–Trinajstić information content (AvgIpc) is 2.10. The third kappa shape index (κ3) is 2.94. The Bertz CT molecular complexity index is 165. The fraction of sp³-hybridized carbons (Fsp3) is 0.143. The molecule has 1 rings (SSSR count). The predicted octanol–water partition coefficient (Wildman–Crippen LogP) is 1.48. The van der Waals surface area contributed by atoms with Crippen molar-refractivity contribution in [1.82, 2.24) is 0 Å². The molecule has 0 unspecified atom stereocenters. The fourth-order valence-electron chi connectivity index (χ4n) is 0.614. The van der Waals surface area contributed by atoms with Crippen LogP contribution in [0, 0.1) is 10.5 Å². The van der Waals surface area contributed by atoms with Gasteiger partial charge in [0.2, 0.25) is 0 Å². The van der Waals surface area contributed by atoms with Crippen LogP contribution in [0.25, 0.3) is 0 Å². The highest BCUT2D eigenvalue weighted by Crippen LogP contribution is 1.94. The Morgan fingerprint density at radius 1 is 1.20 bits per heavy atom. The highest BCUT2D eigenvalue weighted by molar-refractivity contribution is 5.13. The highest BCUT2D eigenvalue weighted by Gasteiger charge is 1.80. The molecule has 3 heteroatoms. The van der Waals surface area contributed by atoms with Crippen molar-refractivity contribution in [2.75, 3.05) is 0 Å². The van der Waals surface area contributed by atoms with Crippen LogP contribution in [0.2, 0.25) is 0 Å². The van der Waals surface area contributed by atoms with Gasteiger partial charge in [0.25, 0.3) is 0 Å². The van der Waals surface area contributed by atoms with Crippen molar-refractivity contribution in [1.29, 1.82) is 5.59 Å². The van der Waals surface area contributed by atoms with Gasteiger partial charge < -0.3 is 5.73 Å². The summed E-state index contributed by atoms with van der Waals surface area (Å²) in [5.74, 6) is 0. The normalized spacial score (nSPS) is 7.70. The maximum absolute atomic E-state index is 7.50. The lowest BCUT2D eigenvalue weighted by Gasteiger charge is -1.90. The minimum absolute atomic E-state index is 0.640. The second kappa shape index (κ2) is 5.91. The summed E-state index contributed by atoms with van der Waals surface area (Å²) in [7, 11) is 0. The van der Waals surface area contributed by atoms with Crippen LogP contribution in [0.15, 0.2) is 30.3 Å². The van der Waals surface area contributed by atoms with Gasteiger partial charge in [-0.15, -0.1) is 0 Å². The minimum Gasteiger partial charge on any atom is -0.326 e. The summed E-state index contributed by atoms with van der Waals surface area (Å²) in [5, 5.41) is 0. The van der Waals surface area contributed by atoms with Gasteiger partial charge in [-0.05, 0) is 5.56 Å². The molecule has 0 aliphatic rings. The lowest BCUT2D eigenvalue weighted by molar-refractivity contribution is 1.07. The van der Waals surface area contributed by atoms with Crippen molar-refractivity contribution in [2.45, 2.75) is 6.54 Å². The highest BCUT2D eigenvalue weighted by atomic mass is 16.2. The van der Waals surface area contributed by atoms with Crippen molar-refractivity contribution < 1.29 is 0 Å². The van der Waals surface area contributed by atoms with Gasteiger partial charge in [-0.3, -0.25) is 0 Å². The number of nitrogens with two attached hydrogens (primary N) is 1. The lowest BCUT2D eigenvalue weighted by Crippen LogP contribution is -1.94. The van der Waals surface area contributed by atoms with E-state index < -0.39 is 0 Å². The molecule has 54 valence electrons. The molecule has 0 aliphatic carbocycles. The molecule has 0 saturated carbocycles. The number of hydrogen-bond acceptors (Lipinski definition) is 3. The quantitative estimate of drug-likeness (QED) is 0.577. The van der Waals surface area contributed by atoms with E-state index in [-0.39, 0.29) is 0 Å². The van der Waals surface area contributed by atoms with E-state index in [4.69, 9.17) is 10.6 Å². The van der Waals surface area contributed by atoms with Crippen LogP contribution in [0.4, 0.5) is 0 Å². The van der Waals surface area contributed by atoms with Gasteiger partial charge >= 0.3 is 0 Å². The second-order valence-electron chi connectivity index (χ2n) is 1.69. The largest absolute Gasteiger partial charge is 0.326 e. The maximum Gasteiger partial charge on any atom is 0.0178 e. The predicted molar refractivity (Wildman–Crippen MR) is 40.4 cm³/mol. The summed E-state index contributed by atoms with van der Waals surface area (Å²) in [6, 6.07) is 9.99. The van der Waals surface area contributed by atoms with E-state index in [0.717, 1.165) is 0 Å². The Labute approximate surface area is 59.6 Å². The minimum atomic E-state index is 0.640. The van der Waals surface area contributed by atoms with Gasteiger partial charge in [0, 0.05) is 6.54 Å². The Hall–Kier alpha value is -1.22. The fourth-order valence-corrected chi connectivity index (χ4v) is 0.614. The van der Waals surface area contributed by atoms with Crippen molar-refractivity contribution in [2.24, 2.45) is 5.73 Å². The van der Waals surface area contributed by atoms with Crippen LogP contribution in [-0.2, 0) is 6.54 Å². The standard InChI is InChI=1S/C7H9N.HNO/c8-6-7-4-2-1-3-5-7;1-2/h1-5H,6,8H2;1H. The third-order valence-corrected chi connectivity index (χ3v) is 1.08. The molecule has 1 aromatic rings. The average molecular weight is 138 g/mol. The molecular weight excluding hydrogens is 128 g/mol. The Morgan fingerprint density at radius 2 is 1.70 bits per heavy atom. The smallest absolute Gasteiger partial charge is 0.0178 e. The van der Waals surface area contributed by atoms with Crippen LogP contribution < -0.4 is 5.73 Å². The zero-order valence-electron chi connectivity index (χ0n) is 5.58. The number of nitroso groups, excluding NO2 is 1. The first-order valence-electron chi connectivity index (χ1n) is 2.88.